The van der Waals surface area contributed by atoms with Crippen molar-refractivity contribution in [2.45, 2.75) is 20.4 Å². The molecule has 0 saturated carbocycles. The first-order chi connectivity index (χ1) is 16.0. The van der Waals surface area contributed by atoms with E-state index in [1.165, 1.54) is 0 Å². The van der Waals surface area contributed by atoms with E-state index < -0.39 is 11.8 Å². The highest BCUT2D eigenvalue weighted by Crippen LogP contribution is 2.38. The van der Waals surface area contributed by atoms with Gasteiger partial charge in [0.15, 0.2) is 0 Å². The Balaban J connectivity index is 1.68. The standard InChI is InChI=1S/C25H25N5O3/c1-14-5-4-6-17-18(13-27-23(14)17)21-22(25(32)28-24(21)31)20-15(2)29-30-9-7-16(11-19(20)30)12-26-8-10-33-3/h4-7,9,11,13,26-27H,8,10,12H2,1-3H3,(H,28,31,32). The average Bonchev–Trinajstić information content (AvgIpc) is 3.44. The van der Waals surface area contributed by atoms with Crippen LogP contribution in [0.1, 0.15) is 27.9 Å². The van der Waals surface area contributed by atoms with Crippen molar-refractivity contribution in [2.75, 3.05) is 20.3 Å². The fourth-order valence-electron chi connectivity index (χ4n) is 4.50. The van der Waals surface area contributed by atoms with Crippen LogP contribution in [0.15, 0.2) is 42.7 Å². The first-order valence-electron chi connectivity index (χ1n) is 10.8. The number of carbonyl (C=O) groups is 2. The highest BCUT2D eigenvalue weighted by Gasteiger charge is 2.36. The number of pyridine rings is 1. The number of aromatic nitrogens is 3. The van der Waals surface area contributed by atoms with Gasteiger partial charge in [0.2, 0.25) is 0 Å². The molecule has 1 aliphatic heterocycles. The molecule has 3 aromatic heterocycles. The summed E-state index contributed by atoms with van der Waals surface area (Å²) in [4.78, 5) is 29.3. The van der Waals surface area contributed by atoms with Crippen molar-refractivity contribution in [3.8, 4) is 0 Å². The molecule has 3 N–H and O–H groups in total. The fraction of sp³-hybridized carbons (Fsp3) is 0.240. The Labute approximate surface area is 190 Å². The maximum absolute atomic E-state index is 13.1. The molecule has 5 rings (SSSR count). The molecule has 33 heavy (non-hydrogen) atoms. The molecule has 0 unspecified atom stereocenters. The molecule has 0 atom stereocenters. The van der Waals surface area contributed by atoms with Crippen molar-refractivity contribution >= 4 is 39.4 Å². The van der Waals surface area contributed by atoms with Crippen LogP contribution in [-0.2, 0) is 20.9 Å². The second-order valence-corrected chi connectivity index (χ2v) is 8.23. The summed E-state index contributed by atoms with van der Waals surface area (Å²) in [5.41, 5.74) is 6.67. The zero-order valence-corrected chi connectivity index (χ0v) is 18.8. The lowest BCUT2D eigenvalue weighted by Gasteiger charge is -2.07. The molecule has 8 heteroatoms. The van der Waals surface area contributed by atoms with Gasteiger partial charge in [0.1, 0.15) is 0 Å². The number of imide groups is 1. The van der Waals surface area contributed by atoms with Gasteiger partial charge >= 0.3 is 0 Å². The molecule has 0 spiro atoms. The first-order valence-corrected chi connectivity index (χ1v) is 10.8. The zero-order chi connectivity index (χ0) is 23.1. The molecule has 2 amide bonds. The molecular weight excluding hydrogens is 418 g/mol. The van der Waals surface area contributed by atoms with Crippen molar-refractivity contribution in [1.82, 2.24) is 25.2 Å². The lowest BCUT2D eigenvalue weighted by atomic mass is 9.94. The Kier molecular flexibility index (Phi) is 5.32. The van der Waals surface area contributed by atoms with Crippen LogP contribution in [0.3, 0.4) is 0 Å². The summed E-state index contributed by atoms with van der Waals surface area (Å²) >= 11 is 0. The normalized spacial score (nSPS) is 14.2. The molecule has 0 saturated heterocycles. The molecule has 4 heterocycles. The number of carbonyl (C=O) groups excluding carboxylic acids is 2. The second-order valence-electron chi connectivity index (χ2n) is 8.23. The Bertz CT molecular complexity index is 1440. The van der Waals surface area contributed by atoms with Gasteiger partial charge < -0.3 is 15.0 Å². The number of ether oxygens (including phenoxy) is 1. The van der Waals surface area contributed by atoms with Gasteiger partial charge in [0.05, 0.1) is 29.0 Å². The number of hydrogen-bond donors (Lipinski definition) is 3. The van der Waals surface area contributed by atoms with Crippen LogP contribution in [0.2, 0.25) is 0 Å². The predicted octanol–water partition coefficient (Wildman–Crippen LogP) is 2.74. The Morgan fingerprint density at radius 1 is 1.12 bits per heavy atom. The molecular formula is C25H25N5O3. The number of nitrogens with zero attached hydrogens (tertiary/aromatic N) is 2. The number of H-pyrrole nitrogens is 1. The number of methoxy groups -OCH3 is 1. The van der Waals surface area contributed by atoms with Crippen LogP contribution in [0.25, 0.3) is 27.6 Å². The van der Waals surface area contributed by atoms with E-state index in [2.05, 4.69) is 20.7 Å². The van der Waals surface area contributed by atoms with E-state index in [1.807, 2.05) is 50.4 Å². The highest BCUT2D eigenvalue weighted by molar-refractivity contribution is 6.50. The lowest BCUT2D eigenvalue weighted by Crippen LogP contribution is -2.22. The monoisotopic (exact) mass is 443 g/mol. The van der Waals surface area contributed by atoms with Crippen molar-refractivity contribution in [3.63, 3.8) is 0 Å². The second kappa shape index (κ2) is 8.31. The van der Waals surface area contributed by atoms with Crippen LogP contribution >= 0.6 is 0 Å². The third-order valence-electron chi connectivity index (χ3n) is 6.06. The largest absolute Gasteiger partial charge is 0.383 e. The minimum absolute atomic E-state index is 0.361. The summed E-state index contributed by atoms with van der Waals surface area (Å²) in [6, 6.07) is 9.92. The van der Waals surface area contributed by atoms with Gasteiger partial charge in [-0.25, -0.2) is 4.52 Å². The molecule has 0 radical (unpaired) electrons. The van der Waals surface area contributed by atoms with Crippen molar-refractivity contribution in [1.29, 1.82) is 0 Å². The van der Waals surface area contributed by atoms with Gasteiger partial charge in [-0.2, -0.15) is 5.10 Å². The summed E-state index contributed by atoms with van der Waals surface area (Å²) in [6.45, 7) is 5.89. The molecule has 0 aliphatic carbocycles. The van der Waals surface area contributed by atoms with E-state index in [1.54, 1.807) is 17.8 Å². The molecule has 168 valence electrons. The van der Waals surface area contributed by atoms with E-state index in [0.717, 1.165) is 34.1 Å². The van der Waals surface area contributed by atoms with Crippen LogP contribution in [-0.4, -0.2) is 46.7 Å². The molecule has 4 aromatic rings. The Morgan fingerprint density at radius 2 is 1.94 bits per heavy atom. The Morgan fingerprint density at radius 3 is 2.76 bits per heavy atom. The average molecular weight is 444 g/mol. The van der Waals surface area contributed by atoms with E-state index >= 15 is 0 Å². The summed E-state index contributed by atoms with van der Waals surface area (Å²) in [5, 5.41) is 11.3. The number of fused-ring (bicyclic) bond motifs is 2. The van der Waals surface area contributed by atoms with Crippen LogP contribution in [0.4, 0.5) is 0 Å². The zero-order valence-electron chi connectivity index (χ0n) is 18.8. The number of benzene rings is 1. The van der Waals surface area contributed by atoms with Crippen LogP contribution in [0.5, 0.6) is 0 Å². The number of aromatic amines is 1. The Hall–Kier alpha value is -3.75. The van der Waals surface area contributed by atoms with Gasteiger partial charge in [-0.15, -0.1) is 0 Å². The maximum Gasteiger partial charge on any atom is 0.259 e. The van der Waals surface area contributed by atoms with E-state index in [4.69, 9.17) is 4.74 Å². The van der Waals surface area contributed by atoms with Crippen molar-refractivity contribution in [3.05, 3.63) is 70.7 Å². The summed E-state index contributed by atoms with van der Waals surface area (Å²) in [7, 11) is 1.67. The number of amides is 2. The number of hydrogen-bond acceptors (Lipinski definition) is 5. The third-order valence-corrected chi connectivity index (χ3v) is 6.06. The highest BCUT2D eigenvalue weighted by atomic mass is 16.5. The summed E-state index contributed by atoms with van der Waals surface area (Å²) < 4.78 is 6.84. The first kappa shape index (κ1) is 21.1. The number of aryl methyl sites for hydroxylation is 2. The van der Waals surface area contributed by atoms with Gasteiger partial charge in [-0.3, -0.25) is 14.9 Å². The number of nitrogens with one attached hydrogen (secondary N) is 3. The minimum atomic E-state index is -0.404. The van der Waals surface area contributed by atoms with Gasteiger partial charge in [0.25, 0.3) is 11.8 Å². The van der Waals surface area contributed by atoms with E-state index in [0.29, 0.717) is 41.1 Å². The van der Waals surface area contributed by atoms with Crippen LogP contribution in [0, 0.1) is 13.8 Å². The molecule has 0 bridgehead atoms. The van der Waals surface area contributed by atoms with Crippen molar-refractivity contribution in [2.24, 2.45) is 0 Å². The van der Waals surface area contributed by atoms with E-state index in [9.17, 15) is 9.59 Å². The number of rotatable bonds is 7. The van der Waals surface area contributed by atoms with Gasteiger partial charge in [0, 0.05) is 54.6 Å². The predicted molar refractivity (Wildman–Crippen MR) is 127 cm³/mol. The maximum atomic E-state index is 13.1. The quantitative estimate of drug-likeness (QED) is 0.301. The summed E-state index contributed by atoms with van der Waals surface area (Å²) in [5.74, 6) is -0.799. The van der Waals surface area contributed by atoms with Crippen molar-refractivity contribution < 1.29 is 14.3 Å². The van der Waals surface area contributed by atoms with Gasteiger partial charge in [-0.1, -0.05) is 18.2 Å². The van der Waals surface area contributed by atoms with Gasteiger partial charge in [-0.05, 0) is 37.1 Å². The SMILES string of the molecule is COCCNCc1ccn2nc(C)c(C3=C(c4c[nH]c5c(C)cccc45)C(=O)NC3=O)c2c1. The molecule has 8 nitrogen and oxygen atoms in total. The van der Waals surface area contributed by atoms with E-state index in [-0.39, 0.29) is 0 Å². The smallest absolute Gasteiger partial charge is 0.259 e. The molecule has 1 aliphatic rings. The number of para-hydroxylation sites is 1. The third kappa shape index (κ3) is 3.53. The molecule has 0 fully saturated rings. The molecule has 1 aromatic carbocycles. The summed E-state index contributed by atoms with van der Waals surface area (Å²) in [6.07, 6.45) is 3.68. The fourth-order valence-corrected chi connectivity index (χ4v) is 4.50. The minimum Gasteiger partial charge on any atom is -0.383 e. The lowest BCUT2D eigenvalue weighted by molar-refractivity contribution is -0.122. The topological polar surface area (TPSA) is 101 Å². The van der Waals surface area contributed by atoms with Crippen LogP contribution < -0.4 is 10.6 Å².